The van der Waals surface area contributed by atoms with Crippen LogP contribution in [-0.2, 0) is 16.0 Å². The molecule has 2 rings (SSSR count). The second kappa shape index (κ2) is 4.66. The molecule has 0 radical (unpaired) electrons. The van der Waals surface area contributed by atoms with Crippen molar-refractivity contribution in [3.8, 4) is 0 Å². The van der Waals surface area contributed by atoms with Crippen molar-refractivity contribution in [2.45, 2.75) is 17.8 Å². The van der Waals surface area contributed by atoms with Crippen LogP contribution in [-0.4, -0.2) is 38.0 Å². The van der Waals surface area contributed by atoms with Crippen molar-refractivity contribution < 1.29 is 21.6 Å². The lowest BCUT2D eigenvalue weighted by Gasteiger charge is -2.17. The molecule has 0 bridgehead atoms. The molecule has 0 amide bonds. The number of hydrogen-bond donors (Lipinski definition) is 0. The van der Waals surface area contributed by atoms with Gasteiger partial charge in [-0.2, -0.15) is 13.2 Å². The Morgan fingerprint density at radius 1 is 1.37 bits per heavy atom. The van der Waals surface area contributed by atoms with Gasteiger partial charge in [0.05, 0.1) is 10.8 Å². The first-order valence-corrected chi connectivity index (χ1v) is 7.60. The fraction of sp³-hybridized carbons (Fsp3) is 0.545. The summed E-state index contributed by atoms with van der Waals surface area (Å²) >= 11 is 0. The summed E-state index contributed by atoms with van der Waals surface area (Å²) < 4.78 is 59.9. The van der Waals surface area contributed by atoms with Crippen molar-refractivity contribution in [1.82, 2.24) is 4.98 Å². The Hall–Kier alpha value is -1.31. The number of pyridine rings is 1. The Balaban J connectivity index is 2.13. The number of sulfone groups is 1. The summed E-state index contributed by atoms with van der Waals surface area (Å²) in [7, 11) is -3.12. The minimum absolute atomic E-state index is 0.275. The second-order valence-electron chi connectivity index (χ2n) is 4.59. The molecule has 1 aliphatic rings. The predicted octanol–water partition coefficient (Wildman–Crippen LogP) is 1.72. The van der Waals surface area contributed by atoms with Gasteiger partial charge in [-0.05, 0) is 18.6 Å². The minimum atomic E-state index is -4.41. The molecule has 106 valence electrons. The summed E-state index contributed by atoms with van der Waals surface area (Å²) in [5.74, 6) is 0.374. The molecule has 1 unspecified atom stereocenters. The van der Waals surface area contributed by atoms with Crippen LogP contribution in [0.3, 0.4) is 0 Å². The van der Waals surface area contributed by atoms with Crippen LogP contribution in [0.15, 0.2) is 18.3 Å². The van der Waals surface area contributed by atoms with Crippen molar-refractivity contribution in [2.75, 3.05) is 24.2 Å². The van der Waals surface area contributed by atoms with E-state index in [1.165, 1.54) is 12.3 Å². The average Bonchev–Trinajstić information content (AvgIpc) is 2.77. The van der Waals surface area contributed by atoms with E-state index in [0.717, 1.165) is 12.3 Å². The van der Waals surface area contributed by atoms with Gasteiger partial charge in [0.1, 0.15) is 5.82 Å². The van der Waals surface area contributed by atoms with Crippen molar-refractivity contribution in [1.29, 1.82) is 0 Å². The summed E-state index contributed by atoms with van der Waals surface area (Å²) in [6.45, 7) is 0.757. The van der Waals surface area contributed by atoms with E-state index in [0.29, 0.717) is 18.8 Å². The fourth-order valence-electron chi connectivity index (χ4n) is 2.03. The molecule has 1 aliphatic heterocycles. The van der Waals surface area contributed by atoms with Crippen molar-refractivity contribution in [3.63, 3.8) is 0 Å². The van der Waals surface area contributed by atoms with E-state index in [4.69, 9.17) is 0 Å². The van der Waals surface area contributed by atoms with Crippen molar-refractivity contribution in [3.05, 3.63) is 23.9 Å². The monoisotopic (exact) mass is 294 g/mol. The van der Waals surface area contributed by atoms with Crippen LogP contribution >= 0.6 is 0 Å². The number of anilines is 1. The Labute approximate surface area is 109 Å². The van der Waals surface area contributed by atoms with Gasteiger partial charge in [0.25, 0.3) is 0 Å². The quantitative estimate of drug-likeness (QED) is 0.833. The topological polar surface area (TPSA) is 50.3 Å². The standard InChI is InChI=1S/C11H13F3N2O2S/c1-19(17,18)9-4-5-16(7-9)10-3-2-8(6-15-10)11(12,13)14/h2-3,6,9H,4-5,7H2,1H3. The Morgan fingerprint density at radius 3 is 2.47 bits per heavy atom. The number of rotatable bonds is 2. The van der Waals surface area contributed by atoms with Crippen LogP contribution < -0.4 is 4.90 Å². The van der Waals surface area contributed by atoms with E-state index >= 15 is 0 Å². The second-order valence-corrected chi connectivity index (χ2v) is 6.91. The number of alkyl halides is 3. The van der Waals surface area contributed by atoms with Gasteiger partial charge in [-0.15, -0.1) is 0 Å². The van der Waals surface area contributed by atoms with E-state index in [9.17, 15) is 21.6 Å². The van der Waals surface area contributed by atoms with Gasteiger partial charge in [0.15, 0.2) is 9.84 Å². The van der Waals surface area contributed by atoms with Crippen molar-refractivity contribution in [2.24, 2.45) is 0 Å². The van der Waals surface area contributed by atoms with Gasteiger partial charge in [-0.25, -0.2) is 13.4 Å². The van der Waals surface area contributed by atoms with Crippen LogP contribution in [0, 0.1) is 0 Å². The van der Waals surface area contributed by atoms with E-state index in [1.54, 1.807) is 4.90 Å². The highest BCUT2D eigenvalue weighted by molar-refractivity contribution is 7.91. The molecule has 0 aliphatic carbocycles. The Kier molecular flexibility index (Phi) is 3.46. The molecular weight excluding hydrogens is 281 g/mol. The van der Waals surface area contributed by atoms with Crippen LogP contribution in [0.25, 0.3) is 0 Å². The zero-order valence-corrected chi connectivity index (χ0v) is 11.0. The van der Waals surface area contributed by atoms with Gasteiger partial charge < -0.3 is 4.90 Å². The molecule has 1 fully saturated rings. The maximum absolute atomic E-state index is 12.4. The van der Waals surface area contributed by atoms with Crippen LogP contribution in [0.2, 0.25) is 0 Å². The maximum Gasteiger partial charge on any atom is 0.417 e. The molecule has 1 aromatic heterocycles. The molecule has 1 saturated heterocycles. The lowest BCUT2D eigenvalue weighted by Crippen LogP contribution is -2.26. The highest BCUT2D eigenvalue weighted by atomic mass is 32.2. The molecule has 2 heterocycles. The molecule has 1 aromatic rings. The third kappa shape index (κ3) is 3.17. The summed E-state index contributed by atoms with van der Waals surface area (Å²) in [5, 5.41) is -0.475. The molecule has 1 atom stereocenters. The number of hydrogen-bond acceptors (Lipinski definition) is 4. The maximum atomic E-state index is 12.4. The van der Waals surface area contributed by atoms with Crippen LogP contribution in [0.1, 0.15) is 12.0 Å². The summed E-state index contributed by atoms with van der Waals surface area (Å²) in [6, 6.07) is 2.23. The lowest BCUT2D eigenvalue weighted by atomic mass is 10.3. The van der Waals surface area contributed by atoms with Crippen LogP contribution in [0.4, 0.5) is 19.0 Å². The highest BCUT2D eigenvalue weighted by Crippen LogP contribution is 2.30. The zero-order valence-electron chi connectivity index (χ0n) is 10.2. The minimum Gasteiger partial charge on any atom is -0.355 e. The largest absolute Gasteiger partial charge is 0.417 e. The average molecular weight is 294 g/mol. The summed E-state index contributed by atoms with van der Waals surface area (Å²) in [4.78, 5) is 5.44. The first-order valence-electron chi connectivity index (χ1n) is 5.65. The third-order valence-corrected chi connectivity index (χ3v) is 4.75. The Bertz CT molecular complexity index is 554. The molecule has 0 spiro atoms. The molecule has 0 N–H and O–H groups in total. The number of halogens is 3. The number of nitrogens with zero attached hydrogens (tertiary/aromatic N) is 2. The molecule has 4 nitrogen and oxygen atoms in total. The summed E-state index contributed by atoms with van der Waals surface area (Å²) in [6.07, 6.45) is -2.00. The van der Waals surface area contributed by atoms with E-state index in [2.05, 4.69) is 4.98 Å². The molecule has 0 saturated carbocycles. The molecular formula is C11H13F3N2O2S. The van der Waals surface area contributed by atoms with Gasteiger partial charge >= 0.3 is 6.18 Å². The molecule has 8 heteroatoms. The molecule has 0 aromatic carbocycles. The van der Waals surface area contributed by atoms with Crippen molar-refractivity contribution >= 4 is 15.7 Å². The lowest BCUT2D eigenvalue weighted by molar-refractivity contribution is -0.137. The first kappa shape index (κ1) is 14.1. The Morgan fingerprint density at radius 2 is 2.05 bits per heavy atom. The van der Waals surface area contributed by atoms with Gasteiger partial charge in [0.2, 0.25) is 0 Å². The SMILES string of the molecule is CS(=O)(=O)C1CCN(c2ccc(C(F)(F)F)cn2)C1. The fourth-order valence-corrected chi connectivity index (χ4v) is 3.01. The normalized spacial score (nSPS) is 20.8. The van der Waals surface area contributed by atoms with E-state index in [-0.39, 0.29) is 6.54 Å². The molecule has 19 heavy (non-hydrogen) atoms. The van der Waals surface area contributed by atoms with Gasteiger partial charge in [0, 0.05) is 25.5 Å². The van der Waals surface area contributed by atoms with Crippen LogP contribution in [0.5, 0.6) is 0 Å². The smallest absolute Gasteiger partial charge is 0.355 e. The number of aromatic nitrogens is 1. The van der Waals surface area contributed by atoms with E-state index < -0.39 is 26.8 Å². The predicted molar refractivity (Wildman–Crippen MR) is 64.7 cm³/mol. The van der Waals surface area contributed by atoms with Gasteiger partial charge in [-0.3, -0.25) is 0 Å². The zero-order chi connectivity index (χ0) is 14.3. The van der Waals surface area contributed by atoms with Gasteiger partial charge in [-0.1, -0.05) is 0 Å². The highest BCUT2D eigenvalue weighted by Gasteiger charge is 2.33. The first-order chi connectivity index (χ1) is 8.68. The third-order valence-electron chi connectivity index (χ3n) is 3.15. The summed E-state index contributed by atoms with van der Waals surface area (Å²) in [5.41, 5.74) is -0.810. The van der Waals surface area contributed by atoms with E-state index in [1.807, 2.05) is 0 Å².